The fourth-order valence-corrected chi connectivity index (χ4v) is 5.36. The number of hydrogen-bond acceptors (Lipinski definition) is 5. The first-order valence-electron chi connectivity index (χ1n) is 7.83. The number of phenols is 1. The van der Waals surface area contributed by atoms with E-state index in [4.69, 9.17) is 5.73 Å². The maximum absolute atomic E-state index is 14.2. The summed E-state index contributed by atoms with van der Waals surface area (Å²) in [7, 11) is -3.98. The molecule has 3 rings (SSSR count). The Balaban J connectivity index is 2.23. The van der Waals surface area contributed by atoms with Crippen LogP contribution in [0.3, 0.4) is 0 Å². The molecule has 0 radical (unpaired) electrons. The fourth-order valence-electron chi connectivity index (χ4n) is 3.26. The standard InChI is InChI=1S/C18H18F2N2O3S/c1-17(14-9-12(19)6-7-15(14)20)10-26(24,25)18(2,16(21)22-17)11-4-3-5-13(23)8-11/h3-9,23H,10H2,1-2H3,(H2,21,22). The molecule has 3 N–H and O–H groups in total. The number of halogens is 2. The van der Waals surface area contributed by atoms with Crippen LogP contribution >= 0.6 is 0 Å². The molecule has 0 fully saturated rings. The lowest BCUT2D eigenvalue weighted by atomic mass is 9.91. The quantitative estimate of drug-likeness (QED) is 0.838. The zero-order chi connectivity index (χ0) is 19.3. The van der Waals surface area contributed by atoms with E-state index in [-0.39, 0.29) is 22.7 Å². The molecule has 0 saturated heterocycles. The Morgan fingerprint density at radius 1 is 1.15 bits per heavy atom. The molecule has 0 amide bonds. The van der Waals surface area contributed by atoms with E-state index >= 15 is 0 Å². The zero-order valence-corrected chi connectivity index (χ0v) is 15.0. The third-order valence-corrected chi connectivity index (χ3v) is 7.49. The molecule has 5 nitrogen and oxygen atoms in total. The number of amidine groups is 1. The Bertz CT molecular complexity index is 1020. The summed E-state index contributed by atoms with van der Waals surface area (Å²) in [5, 5.41) is 9.70. The van der Waals surface area contributed by atoms with Gasteiger partial charge in [0.1, 0.15) is 28.8 Å². The van der Waals surface area contributed by atoms with Gasteiger partial charge < -0.3 is 10.8 Å². The van der Waals surface area contributed by atoms with Crippen LogP contribution in [-0.2, 0) is 20.1 Å². The van der Waals surface area contributed by atoms with Crippen molar-refractivity contribution in [2.75, 3.05) is 5.75 Å². The summed E-state index contributed by atoms with van der Waals surface area (Å²) < 4.78 is 52.5. The Morgan fingerprint density at radius 2 is 1.85 bits per heavy atom. The second-order valence-electron chi connectivity index (χ2n) is 6.74. The van der Waals surface area contributed by atoms with Gasteiger partial charge in [0.15, 0.2) is 14.6 Å². The van der Waals surface area contributed by atoms with Crippen LogP contribution in [0.25, 0.3) is 0 Å². The first kappa shape index (κ1) is 18.3. The third kappa shape index (κ3) is 2.65. The van der Waals surface area contributed by atoms with Crippen LogP contribution in [0, 0.1) is 11.6 Å². The molecule has 26 heavy (non-hydrogen) atoms. The minimum absolute atomic E-state index is 0.115. The van der Waals surface area contributed by atoms with Crippen LogP contribution in [-0.4, -0.2) is 25.1 Å². The highest BCUT2D eigenvalue weighted by molar-refractivity contribution is 7.93. The van der Waals surface area contributed by atoms with E-state index in [1.54, 1.807) is 0 Å². The summed E-state index contributed by atoms with van der Waals surface area (Å²) >= 11 is 0. The molecule has 8 heteroatoms. The average Bonchev–Trinajstić information content (AvgIpc) is 2.54. The molecule has 0 saturated carbocycles. The number of sulfone groups is 1. The summed E-state index contributed by atoms with van der Waals surface area (Å²) in [5.74, 6) is -2.39. The summed E-state index contributed by atoms with van der Waals surface area (Å²) in [5.41, 5.74) is 4.55. The lowest BCUT2D eigenvalue weighted by Gasteiger charge is -2.40. The SMILES string of the molecule is CC1(c2cc(F)ccc2F)CS(=O)(=O)C(C)(c2cccc(O)c2)C(N)=N1. The number of benzene rings is 2. The fraction of sp³-hybridized carbons (Fsp3) is 0.278. The van der Waals surface area contributed by atoms with Crippen molar-refractivity contribution in [2.45, 2.75) is 24.1 Å². The number of nitrogens with two attached hydrogens (primary N) is 1. The molecule has 0 bridgehead atoms. The van der Waals surface area contributed by atoms with E-state index in [2.05, 4.69) is 4.99 Å². The molecule has 2 unspecified atom stereocenters. The predicted molar refractivity (Wildman–Crippen MR) is 94.6 cm³/mol. The van der Waals surface area contributed by atoms with Gasteiger partial charge in [0.25, 0.3) is 0 Å². The van der Waals surface area contributed by atoms with Crippen LogP contribution in [0.2, 0.25) is 0 Å². The molecule has 138 valence electrons. The van der Waals surface area contributed by atoms with Gasteiger partial charge in [0.2, 0.25) is 0 Å². The molecule has 1 aliphatic rings. The summed E-state index contributed by atoms with van der Waals surface area (Å²) in [6, 6.07) is 8.52. The zero-order valence-electron chi connectivity index (χ0n) is 14.2. The van der Waals surface area contributed by atoms with Gasteiger partial charge in [-0.25, -0.2) is 17.2 Å². The largest absolute Gasteiger partial charge is 0.508 e. The lowest BCUT2D eigenvalue weighted by molar-refractivity contribution is 0.465. The van der Waals surface area contributed by atoms with E-state index in [1.165, 1.54) is 38.1 Å². The summed E-state index contributed by atoms with van der Waals surface area (Å²) in [6.07, 6.45) is 0. The normalized spacial score (nSPS) is 27.8. The number of phenolic OH excluding ortho intramolecular Hbond substituents is 1. The second-order valence-corrected chi connectivity index (χ2v) is 9.07. The van der Waals surface area contributed by atoms with Gasteiger partial charge in [0, 0.05) is 5.56 Å². The van der Waals surface area contributed by atoms with Crippen molar-refractivity contribution in [1.29, 1.82) is 0 Å². The van der Waals surface area contributed by atoms with Gasteiger partial charge in [-0.15, -0.1) is 0 Å². The molecule has 2 aromatic carbocycles. The van der Waals surface area contributed by atoms with E-state index in [1.807, 2.05) is 0 Å². The van der Waals surface area contributed by atoms with E-state index in [9.17, 15) is 22.3 Å². The average molecular weight is 380 g/mol. The third-order valence-electron chi connectivity index (χ3n) is 4.85. The minimum Gasteiger partial charge on any atom is -0.508 e. The molecule has 2 aromatic rings. The number of hydrogen-bond donors (Lipinski definition) is 2. The van der Waals surface area contributed by atoms with Crippen LogP contribution in [0.4, 0.5) is 8.78 Å². The molecule has 1 heterocycles. The van der Waals surface area contributed by atoms with Crippen LogP contribution in [0.5, 0.6) is 5.75 Å². The predicted octanol–water partition coefficient (Wildman–Crippen LogP) is 2.59. The van der Waals surface area contributed by atoms with Crippen molar-refractivity contribution >= 4 is 15.7 Å². The van der Waals surface area contributed by atoms with Gasteiger partial charge in [-0.3, -0.25) is 4.99 Å². The van der Waals surface area contributed by atoms with Crippen molar-refractivity contribution in [3.05, 3.63) is 65.2 Å². The minimum atomic E-state index is -3.98. The molecule has 1 aliphatic heterocycles. The van der Waals surface area contributed by atoms with Crippen LogP contribution in [0.1, 0.15) is 25.0 Å². The van der Waals surface area contributed by atoms with E-state index in [0.717, 1.165) is 18.2 Å². The molecule has 0 spiro atoms. The molecule has 0 aromatic heterocycles. The molecular formula is C18H18F2N2O3S. The smallest absolute Gasteiger partial charge is 0.169 e. The number of aliphatic imine (C=N–C) groups is 1. The Morgan fingerprint density at radius 3 is 2.46 bits per heavy atom. The number of aromatic hydroxyl groups is 1. The Kier molecular flexibility index (Phi) is 4.06. The topological polar surface area (TPSA) is 92.8 Å². The highest BCUT2D eigenvalue weighted by Gasteiger charge is 2.53. The van der Waals surface area contributed by atoms with Gasteiger partial charge in [0.05, 0.1) is 5.75 Å². The van der Waals surface area contributed by atoms with Gasteiger partial charge in [-0.2, -0.15) is 0 Å². The Hall–Kier alpha value is -2.48. The number of nitrogens with zero attached hydrogens (tertiary/aromatic N) is 1. The Labute approximate surface area is 150 Å². The van der Waals surface area contributed by atoms with Gasteiger partial charge in [-0.1, -0.05) is 12.1 Å². The van der Waals surface area contributed by atoms with Crippen LogP contribution < -0.4 is 5.73 Å². The maximum atomic E-state index is 14.2. The van der Waals surface area contributed by atoms with Crippen molar-refractivity contribution in [2.24, 2.45) is 10.7 Å². The van der Waals surface area contributed by atoms with Crippen molar-refractivity contribution in [3.63, 3.8) is 0 Å². The van der Waals surface area contributed by atoms with Gasteiger partial charge in [-0.05, 0) is 49.7 Å². The number of rotatable bonds is 2. The highest BCUT2D eigenvalue weighted by Crippen LogP contribution is 2.43. The summed E-state index contributed by atoms with van der Waals surface area (Å²) in [4.78, 5) is 4.27. The molecule has 2 atom stereocenters. The van der Waals surface area contributed by atoms with Gasteiger partial charge >= 0.3 is 0 Å². The second kappa shape index (κ2) is 5.77. The summed E-state index contributed by atoms with van der Waals surface area (Å²) in [6.45, 7) is 2.79. The van der Waals surface area contributed by atoms with Crippen molar-refractivity contribution in [3.8, 4) is 5.75 Å². The maximum Gasteiger partial charge on any atom is 0.169 e. The van der Waals surface area contributed by atoms with E-state index < -0.39 is 37.5 Å². The molecular weight excluding hydrogens is 362 g/mol. The molecule has 0 aliphatic carbocycles. The monoisotopic (exact) mass is 380 g/mol. The first-order valence-corrected chi connectivity index (χ1v) is 9.48. The lowest BCUT2D eigenvalue weighted by Crippen LogP contribution is -2.54. The highest BCUT2D eigenvalue weighted by atomic mass is 32.2. The first-order chi connectivity index (χ1) is 12.0. The van der Waals surface area contributed by atoms with Crippen LogP contribution in [0.15, 0.2) is 47.5 Å². The van der Waals surface area contributed by atoms with Crippen molar-refractivity contribution < 1.29 is 22.3 Å². The van der Waals surface area contributed by atoms with E-state index in [0.29, 0.717) is 0 Å². The van der Waals surface area contributed by atoms with Crippen molar-refractivity contribution in [1.82, 2.24) is 0 Å².